The average molecular weight is 371 g/mol. The Hall–Kier alpha value is -2.28. The van der Waals surface area contributed by atoms with E-state index in [0.717, 1.165) is 42.6 Å². The predicted octanol–water partition coefficient (Wildman–Crippen LogP) is 4.29. The molecule has 6 nitrogen and oxygen atoms in total. The van der Waals surface area contributed by atoms with Gasteiger partial charge in [0, 0.05) is 13.1 Å². The van der Waals surface area contributed by atoms with Crippen molar-refractivity contribution < 1.29 is 13.6 Å². The van der Waals surface area contributed by atoms with Gasteiger partial charge in [0.15, 0.2) is 11.3 Å². The van der Waals surface area contributed by atoms with Crippen LogP contribution in [0.25, 0.3) is 11.1 Å². The van der Waals surface area contributed by atoms with Gasteiger partial charge < -0.3 is 13.7 Å². The third-order valence-electron chi connectivity index (χ3n) is 4.68. The molecule has 2 aromatic heterocycles. The van der Waals surface area contributed by atoms with Crippen LogP contribution in [0.5, 0.6) is 0 Å². The monoisotopic (exact) mass is 371 g/mol. The van der Waals surface area contributed by atoms with Crippen LogP contribution in [-0.2, 0) is 5.75 Å². The van der Waals surface area contributed by atoms with E-state index in [1.807, 2.05) is 30.0 Å². The zero-order chi connectivity index (χ0) is 18.1. The minimum Gasteiger partial charge on any atom is -0.447 e. The first-order valence-corrected chi connectivity index (χ1v) is 9.81. The number of oxazole rings is 2. The topological polar surface area (TPSA) is 72.4 Å². The van der Waals surface area contributed by atoms with E-state index in [9.17, 15) is 4.79 Å². The molecule has 7 heteroatoms. The van der Waals surface area contributed by atoms with E-state index < -0.39 is 0 Å². The van der Waals surface area contributed by atoms with Crippen molar-refractivity contribution in [3.63, 3.8) is 0 Å². The Morgan fingerprint density at radius 2 is 2.12 bits per heavy atom. The van der Waals surface area contributed by atoms with E-state index in [2.05, 4.69) is 16.9 Å². The molecule has 0 spiro atoms. The van der Waals surface area contributed by atoms with E-state index in [1.54, 1.807) is 0 Å². The Bertz CT molecular complexity index is 925. The summed E-state index contributed by atoms with van der Waals surface area (Å²) in [5.74, 6) is 1.61. The summed E-state index contributed by atoms with van der Waals surface area (Å²) in [5, 5.41) is 0.571. The lowest BCUT2D eigenvalue weighted by molar-refractivity contribution is 0.0691. The second-order valence-corrected chi connectivity index (χ2v) is 7.77. The first-order valence-electron chi connectivity index (χ1n) is 8.82. The predicted molar refractivity (Wildman–Crippen MR) is 99.1 cm³/mol. The highest BCUT2D eigenvalue weighted by atomic mass is 32.2. The van der Waals surface area contributed by atoms with E-state index >= 15 is 0 Å². The smallest absolute Gasteiger partial charge is 0.275 e. The minimum atomic E-state index is -0.0470. The van der Waals surface area contributed by atoms with Crippen LogP contribution in [0.2, 0.25) is 0 Å². The number of benzene rings is 1. The number of nitrogens with zero attached hydrogens (tertiary/aromatic N) is 3. The number of fused-ring (bicyclic) bond motifs is 1. The SMILES string of the molecule is Cc1ccc2oc(SCc3nc(C(=O)N4CCC(C)CC4)co3)nc2c1. The van der Waals surface area contributed by atoms with Gasteiger partial charge in [0.05, 0.1) is 5.75 Å². The molecule has 1 fully saturated rings. The van der Waals surface area contributed by atoms with Crippen molar-refractivity contribution in [3.05, 3.63) is 41.6 Å². The van der Waals surface area contributed by atoms with E-state index in [1.165, 1.54) is 18.0 Å². The quantitative estimate of drug-likeness (QED) is 0.637. The van der Waals surface area contributed by atoms with Gasteiger partial charge >= 0.3 is 0 Å². The number of hydrogen-bond donors (Lipinski definition) is 0. The molecular formula is C19H21N3O3S. The molecule has 1 saturated heterocycles. The Morgan fingerprint density at radius 1 is 1.31 bits per heavy atom. The van der Waals surface area contributed by atoms with Gasteiger partial charge in [-0.15, -0.1) is 0 Å². The standard InChI is InChI=1S/C19H21N3O3S/c1-12-5-7-22(8-6-12)18(23)15-10-24-17(20-15)11-26-19-21-14-9-13(2)3-4-16(14)25-19/h3-4,9-10,12H,5-8,11H2,1-2H3. The van der Waals surface area contributed by atoms with Crippen LogP contribution in [0.3, 0.4) is 0 Å². The van der Waals surface area contributed by atoms with Gasteiger partial charge in [-0.25, -0.2) is 9.97 Å². The lowest BCUT2D eigenvalue weighted by atomic mass is 9.99. The summed E-state index contributed by atoms with van der Waals surface area (Å²) in [7, 11) is 0. The fraction of sp³-hybridized carbons (Fsp3) is 0.421. The number of carbonyl (C=O) groups is 1. The zero-order valence-electron chi connectivity index (χ0n) is 14.9. The van der Waals surface area contributed by atoms with Crippen molar-refractivity contribution in [1.29, 1.82) is 0 Å². The summed E-state index contributed by atoms with van der Waals surface area (Å²) in [6, 6.07) is 5.91. The molecule has 1 aliphatic rings. The highest BCUT2D eigenvalue weighted by Gasteiger charge is 2.24. The second-order valence-electron chi connectivity index (χ2n) is 6.84. The fourth-order valence-electron chi connectivity index (χ4n) is 3.05. The molecule has 0 atom stereocenters. The van der Waals surface area contributed by atoms with Crippen molar-refractivity contribution in [2.24, 2.45) is 5.92 Å². The molecule has 0 bridgehead atoms. The Kier molecular flexibility index (Phi) is 4.72. The van der Waals surface area contributed by atoms with Crippen LogP contribution in [0, 0.1) is 12.8 Å². The van der Waals surface area contributed by atoms with Gasteiger partial charge in [-0.3, -0.25) is 4.79 Å². The molecule has 26 heavy (non-hydrogen) atoms. The number of hydrogen-bond acceptors (Lipinski definition) is 6. The highest BCUT2D eigenvalue weighted by molar-refractivity contribution is 7.98. The Balaban J connectivity index is 1.39. The van der Waals surface area contributed by atoms with E-state index in [-0.39, 0.29) is 5.91 Å². The average Bonchev–Trinajstić information content (AvgIpc) is 3.26. The molecule has 1 aromatic carbocycles. The molecule has 0 radical (unpaired) electrons. The summed E-state index contributed by atoms with van der Waals surface area (Å²) in [6.45, 7) is 5.83. The Labute approximate surface area is 156 Å². The molecule has 0 N–H and O–H groups in total. The summed E-state index contributed by atoms with van der Waals surface area (Å²) < 4.78 is 11.2. The van der Waals surface area contributed by atoms with Crippen molar-refractivity contribution in [3.8, 4) is 0 Å². The molecule has 3 heterocycles. The first kappa shape index (κ1) is 17.1. The van der Waals surface area contributed by atoms with Crippen molar-refractivity contribution >= 4 is 28.8 Å². The number of aromatic nitrogens is 2. The first-order chi connectivity index (χ1) is 12.6. The molecule has 0 unspecified atom stereocenters. The Morgan fingerprint density at radius 3 is 2.92 bits per heavy atom. The molecule has 1 aliphatic heterocycles. The third kappa shape index (κ3) is 3.62. The van der Waals surface area contributed by atoms with Crippen LogP contribution in [0.4, 0.5) is 0 Å². The lowest BCUT2D eigenvalue weighted by Gasteiger charge is -2.29. The maximum Gasteiger partial charge on any atom is 0.275 e. The maximum atomic E-state index is 12.5. The molecular weight excluding hydrogens is 350 g/mol. The van der Waals surface area contributed by atoms with E-state index in [4.69, 9.17) is 8.83 Å². The van der Waals surface area contributed by atoms with Crippen LogP contribution in [-0.4, -0.2) is 33.9 Å². The number of thioether (sulfide) groups is 1. The lowest BCUT2D eigenvalue weighted by Crippen LogP contribution is -2.38. The fourth-order valence-corrected chi connectivity index (χ4v) is 3.74. The molecule has 4 rings (SSSR count). The van der Waals surface area contributed by atoms with Crippen LogP contribution in [0.1, 0.15) is 41.7 Å². The van der Waals surface area contributed by atoms with Gasteiger partial charge in [-0.2, -0.15) is 0 Å². The largest absolute Gasteiger partial charge is 0.447 e. The second kappa shape index (κ2) is 7.15. The molecule has 0 aliphatic carbocycles. The third-order valence-corrected chi connectivity index (χ3v) is 5.50. The molecule has 136 valence electrons. The van der Waals surface area contributed by atoms with Crippen LogP contribution in [0.15, 0.2) is 38.5 Å². The van der Waals surface area contributed by atoms with Crippen LogP contribution < -0.4 is 0 Å². The number of piperidine rings is 1. The van der Waals surface area contributed by atoms with Gasteiger partial charge in [-0.1, -0.05) is 24.8 Å². The summed E-state index contributed by atoms with van der Waals surface area (Å²) in [5.41, 5.74) is 3.13. The van der Waals surface area contributed by atoms with E-state index in [0.29, 0.717) is 28.5 Å². The molecule has 3 aromatic rings. The van der Waals surface area contributed by atoms with Crippen molar-refractivity contribution in [1.82, 2.24) is 14.9 Å². The highest BCUT2D eigenvalue weighted by Crippen LogP contribution is 2.27. The number of aryl methyl sites for hydroxylation is 1. The van der Waals surface area contributed by atoms with Crippen molar-refractivity contribution in [2.75, 3.05) is 13.1 Å². The molecule has 1 amide bonds. The zero-order valence-corrected chi connectivity index (χ0v) is 15.7. The summed E-state index contributed by atoms with van der Waals surface area (Å²) >= 11 is 1.41. The van der Waals surface area contributed by atoms with Crippen LogP contribution >= 0.6 is 11.8 Å². The summed E-state index contributed by atoms with van der Waals surface area (Å²) in [4.78, 5) is 23.2. The number of carbonyl (C=O) groups excluding carboxylic acids is 1. The normalized spacial score (nSPS) is 15.7. The van der Waals surface area contributed by atoms with Crippen molar-refractivity contribution in [2.45, 2.75) is 37.7 Å². The number of rotatable bonds is 4. The van der Waals surface area contributed by atoms with Gasteiger partial charge in [0.25, 0.3) is 11.1 Å². The number of amides is 1. The maximum absolute atomic E-state index is 12.5. The minimum absolute atomic E-state index is 0.0470. The van der Waals surface area contributed by atoms with Gasteiger partial charge in [0.2, 0.25) is 5.89 Å². The number of likely N-dealkylation sites (tertiary alicyclic amines) is 1. The molecule has 0 saturated carbocycles. The summed E-state index contributed by atoms with van der Waals surface area (Å²) in [6.07, 6.45) is 3.54. The van der Waals surface area contributed by atoms with Gasteiger partial charge in [0.1, 0.15) is 11.8 Å². The van der Waals surface area contributed by atoms with Gasteiger partial charge in [-0.05, 0) is 43.4 Å².